The molecule has 0 aliphatic rings. The van der Waals surface area contributed by atoms with Crippen LogP contribution in [0.3, 0.4) is 0 Å². The Morgan fingerprint density at radius 1 is 1.25 bits per heavy atom. The molecule has 0 bridgehead atoms. The van der Waals surface area contributed by atoms with E-state index in [0.29, 0.717) is 21.7 Å². The van der Waals surface area contributed by atoms with Crippen molar-refractivity contribution in [2.45, 2.75) is 25.1 Å². The lowest BCUT2D eigenvalue weighted by Gasteiger charge is -2.10. The monoisotopic (exact) mass is 417 g/mol. The molecule has 3 rings (SSSR count). The molecule has 0 aliphatic carbocycles. The van der Waals surface area contributed by atoms with Crippen molar-refractivity contribution in [1.29, 1.82) is 0 Å². The third kappa shape index (κ3) is 5.17. The number of thioether (sulfide) groups is 1. The van der Waals surface area contributed by atoms with E-state index in [1.165, 1.54) is 16.4 Å². The third-order valence-corrected chi connectivity index (χ3v) is 4.78. The molecule has 9 heteroatoms. The Morgan fingerprint density at radius 3 is 2.71 bits per heavy atom. The Kier molecular flexibility index (Phi) is 6.43. The molecule has 1 aromatic heterocycles. The summed E-state index contributed by atoms with van der Waals surface area (Å²) in [5, 5.41) is 12.1. The second-order valence-corrected chi connectivity index (χ2v) is 7.59. The summed E-state index contributed by atoms with van der Waals surface area (Å²) in [6.07, 6.45) is 0.0660. The van der Waals surface area contributed by atoms with Gasteiger partial charge >= 0.3 is 0 Å². The standard InChI is InChI=1S/C19H20ClN5O2S/c1-12(2)27-16-5-3-4-13(10-16)18-23-24-19(25(18)21)28-11-17(26)22-15-8-6-14(20)7-9-15/h3-10,12H,11,21H2,1-2H3,(H,22,26). The topological polar surface area (TPSA) is 95.1 Å². The Labute approximate surface area is 172 Å². The van der Waals surface area contributed by atoms with Crippen LogP contribution in [0.4, 0.5) is 5.69 Å². The minimum Gasteiger partial charge on any atom is -0.491 e. The predicted octanol–water partition coefficient (Wildman–Crippen LogP) is 3.83. The van der Waals surface area contributed by atoms with Gasteiger partial charge < -0.3 is 15.9 Å². The number of hydrogen-bond donors (Lipinski definition) is 2. The number of hydrogen-bond acceptors (Lipinski definition) is 6. The Morgan fingerprint density at radius 2 is 2.00 bits per heavy atom. The van der Waals surface area contributed by atoms with E-state index in [2.05, 4.69) is 15.5 Å². The van der Waals surface area contributed by atoms with Crippen molar-refractivity contribution >= 4 is 35.0 Å². The van der Waals surface area contributed by atoms with Crippen molar-refractivity contribution in [2.75, 3.05) is 16.9 Å². The van der Waals surface area contributed by atoms with Gasteiger partial charge in [0.2, 0.25) is 11.1 Å². The fourth-order valence-electron chi connectivity index (χ4n) is 2.41. The molecule has 7 nitrogen and oxygen atoms in total. The lowest BCUT2D eigenvalue weighted by Crippen LogP contribution is -2.16. The summed E-state index contributed by atoms with van der Waals surface area (Å²) in [7, 11) is 0. The van der Waals surface area contributed by atoms with Crippen LogP contribution in [0.2, 0.25) is 5.02 Å². The summed E-state index contributed by atoms with van der Waals surface area (Å²) >= 11 is 7.04. The molecule has 146 valence electrons. The molecule has 0 unspecified atom stereocenters. The van der Waals surface area contributed by atoms with Gasteiger partial charge in [-0.25, -0.2) is 4.68 Å². The van der Waals surface area contributed by atoms with E-state index >= 15 is 0 Å². The minimum absolute atomic E-state index is 0.0660. The SMILES string of the molecule is CC(C)Oc1cccc(-c2nnc(SCC(=O)Nc3ccc(Cl)cc3)n2N)c1. The molecular weight excluding hydrogens is 398 g/mol. The van der Waals surface area contributed by atoms with Gasteiger partial charge in [-0.05, 0) is 50.2 Å². The molecule has 2 aromatic carbocycles. The molecule has 3 aromatic rings. The first kappa shape index (κ1) is 20.0. The molecule has 3 N–H and O–H groups in total. The lowest BCUT2D eigenvalue weighted by molar-refractivity contribution is -0.113. The fraction of sp³-hybridized carbons (Fsp3) is 0.211. The number of carbonyl (C=O) groups is 1. The van der Waals surface area contributed by atoms with Crippen LogP contribution in [0.15, 0.2) is 53.7 Å². The number of ether oxygens (including phenoxy) is 1. The molecule has 0 spiro atoms. The highest BCUT2D eigenvalue weighted by Gasteiger charge is 2.14. The van der Waals surface area contributed by atoms with Gasteiger partial charge in [0.25, 0.3) is 0 Å². The van der Waals surface area contributed by atoms with Gasteiger partial charge in [0, 0.05) is 16.3 Å². The van der Waals surface area contributed by atoms with Gasteiger partial charge in [0.05, 0.1) is 11.9 Å². The van der Waals surface area contributed by atoms with E-state index in [4.69, 9.17) is 22.2 Å². The number of aromatic nitrogens is 3. The quantitative estimate of drug-likeness (QED) is 0.448. The van der Waals surface area contributed by atoms with E-state index in [1.807, 2.05) is 38.1 Å². The number of halogens is 1. The molecule has 1 heterocycles. The molecule has 0 atom stereocenters. The molecule has 0 aliphatic heterocycles. The second-order valence-electron chi connectivity index (χ2n) is 6.21. The van der Waals surface area contributed by atoms with Crippen molar-refractivity contribution in [3.05, 3.63) is 53.6 Å². The molecule has 1 amide bonds. The van der Waals surface area contributed by atoms with Crippen LogP contribution in [0, 0.1) is 0 Å². The Balaban J connectivity index is 1.64. The van der Waals surface area contributed by atoms with E-state index in [-0.39, 0.29) is 17.8 Å². The van der Waals surface area contributed by atoms with E-state index in [1.54, 1.807) is 24.3 Å². The summed E-state index contributed by atoms with van der Waals surface area (Å²) in [5.74, 6) is 7.32. The smallest absolute Gasteiger partial charge is 0.234 e. The van der Waals surface area contributed by atoms with Gasteiger partial charge in [-0.1, -0.05) is 35.5 Å². The van der Waals surface area contributed by atoms with Crippen molar-refractivity contribution in [2.24, 2.45) is 0 Å². The van der Waals surface area contributed by atoms with E-state index < -0.39 is 0 Å². The van der Waals surface area contributed by atoms with Crippen LogP contribution in [0.1, 0.15) is 13.8 Å². The number of nitrogen functional groups attached to an aromatic ring is 1. The second kappa shape index (κ2) is 8.99. The predicted molar refractivity (Wildman–Crippen MR) is 112 cm³/mol. The fourth-order valence-corrected chi connectivity index (χ4v) is 3.20. The number of anilines is 1. The molecule has 0 radical (unpaired) electrons. The summed E-state index contributed by atoms with van der Waals surface area (Å²) < 4.78 is 7.07. The lowest BCUT2D eigenvalue weighted by atomic mass is 10.2. The van der Waals surface area contributed by atoms with E-state index in [0.717, 1.165) is 11.3 Å². The van der Waals surface area contributed by atoms with Crippen LogP contribution >= 0.6 is 23.4 Å². The highest BCUT2D eigenvalue weighted by atomic mass is 35.5. The number of carbonyl (C=O) groups excluding carboxylic acids is 1. The zero-order valence-corrected chi connectivity index (χ0v) is 17.0. The number of nitrogens with zero attached hydrogens (tertiary/aromatic N) is 3. The molecule has 0 saturated carbocycles. The maximum absolute atomic E-state index is 12.1. The van der Waals surface area contributed by atoms with Crippen molar-refractivity contribution in [3.63, 3.8) is 0 Å². The first-order chi connectivity index (χ1) is 13.4. The summed E-state index contributed by atoms with van der Waals surface area (Å²) in [6, 6.07) is 14.4. The zero-order chi connectivity index (χ0) is 20.1. The van der Waals surface area contributed by atoms with E-state index in [9.17, 15) is 4.79 Å². The number of amides is 1. The van der Waals surface area contributed by atoms with Crippen LogP contribution in [0.25, 0.3) is 11.4 Å². The normalized spacial score (nSPS) is 10.9. The van der Waals surface area contributed by atoms with Gasteiger partial charge in [0.15, 0.2) is 5.82 Å². The molecule has 0 saturated heterocycles. The van der Waals surface area contributed by atoms with Crippen LogP contribution in [0.5, 0.6) is 5.75 Å². The van der Waals surface area contributed by atoms with Crippen molar-refractivity contribution in [1.82, 2.24) is 14.9 Å². The number of benzene rings is 2. The molecule has 28 heavy (non-hydrogen) atoms. The summed E-state index contributed by atoms with van der Waals surface area (Å²) in [6.45, 7) is 3.92. The zero-order valence-electron chi connectivity index (χ0n) is 15.4. The first-order valence-corrected chi connectivity index (χ1v) is 9.94. The molecular formula is C19H20ClN5O2S. The minimum atomic E-state index is -0.177. The number of rotatable bonds is 7. The summed E-state index contributed by atoms with van der Waals surface area (Å²) in [5.41, 5.74) is 1.46. The Bertz CT molecular complexity index is 959. The maximum atomic E-state index is 12.1. The highest BCUT2D eigenvalue weighted by molar-refractivity contribution is 7.99. The van der Waals surface area contributed by atoms with Gasteiger partial charge in [-0.15, -0.1) is 10.2 Å². The number of nitrogens with one attached hydrogen (secondary N) is 1. The largest absolute Gasteiger partial charge is 0.491 e. The molecule has 0 fully saturated rings. The third-order valence-electron chi connectivity index (χ3n) is 3.59. The van der Waals surface area contributed by atoms with Gasteiger partial charge in [-0.2, -0.15) is 0 Å². The average Bonchev–Trinajstić information content (AvgIpc) is 3.02. The van der Waals surface area contributed by atoms with Crippen LogP contribution in [-0.2, 0) is 4.79 Å². The van der Waals surface area contributed by atoms with Crippen LogP contribution < -0.4 is 15.9 Å². The van der Waals surface area contributed by atoms with Gasteiger partial charge in [0.1, 0.15) is 5.75 Å². The highest BCUT2D eigenvalue weighted by Crippen LogP contribution is 2.25. The van der Waals surface area contributed by atoms with Gasteiger partial charge in [-0.3, -0.25) is 4.79 Å². The first-order valence-electron chi connectivity index (χ1n) is 8.58. The summed E-state index contributed by atoms with van der Waals surface area (Å²) in [4.78, 5) is 12.1. The average molecular weight is 418 g/mol. The van der Waals surface area contributed by atoms with Crippen LogP contribution in [-0.4, -0.2) is 32.6 Å². The van der Waals surface area contributed by atoms with Crippen molar-refractivity contribution in [3.8, 4) is 17.1 Å². The number of nitrogens with two attached hydrogens (primary N) is 1. The Hall–Kier alpha value is -2.71. The maximum Gasteiger partial charge on any atom is 0.234 e. The van der Waals surface area contributed by atoms with Crippen molar-refractivity contribution < 1.29 is 9.53 Å².